The van der Waals surface area contributed by atoms with Gasteiger partial charge < -0.3 is 4.90 Å². The van der Waals surface area contributed by atoms with Crippen LogP contribution < -0.4 is 0 Å². The zero-order valence-electron chi connectivity index (χ0n) is 11.3. The molecule has 0 unspecified atom stereocenters. The Kier molecular flexibility index (Phi) is 4.27. The second-order valence-corrected chi connectivity index (χ2v) is 6.53. The summed E-state index contributed by atoms with van der Waals surface area (Å²) in [4.78, 5) is 18.7. The molecule has 2 aromatic rings. The Hall–Kier alpha value is -1.39. The Morgan fingerprint density at radius 1 is 1.29 bits per heavy atom. The van der Waals surface area contributed by atoms with Gasteiger partial charge in [-0.3, -0.25) is 9.78 Å². The molecule has 1 heterocycles. The van der Waals surface area contributed by atoms with Crippen LogP contribution in [0.3, 0.4) is 0 Å². The number of rotatable bonds is 4. The summed E-state index contributed by atoms with van der Waals surface area (Å²) in [6, 6.07) is 9.53. The van der Waals surface area contributed by atoms with Crippen molar-refractivity contribution in [2.75, 3.05) is 0 Å². The summed E-state index contributed by atoms with van der Waals surface area (Å²) in [5.41, 5.74) is 1.71. The molecule has 0 radical (unpaired) electrons. The highest BCUT2D eigenvalue weighted by molar-refractivity contribution is 9.10. The summed E-state index contributed by atoms with van der Waals surface area (Å²) in [5.74, 6) is 0.0255. The molecule has 21 heavy (non-hydrogen) atoms. The van der Waals surface area contributed by atoms with Gasteiger partial charge in [-0.2, -0.15) is 0 Å². The van der Waals surface area contributed by atoms with Gasteiger partial charge in [0, 0.05) is 40.0 Å². The van der Waals surface area contributed by atoms with Crippen molar-refractivity contribution in [1.82, 2.24) is 9.88 Å². The minimum atomic E-state index is 0.0255. The number of nitrogens with zero attached hydrogens (tertiary/aromatic N) is 2. The van der Waals surface area contributed by atoms with Crippen molar-refractivity contribution >= 4 is 33.4 Å². The number of halogens is 2. The van der Waals surface area contributed by atoms with E-state index >= 15 is 0 Å². The Bertz CT molecular complexity index is 638. The highest BCUT2D eigenvalue weighted by atomic mass is 79.9. The first-order chi connectivity index (χ1) is 10.1. The van der Waals surface area contributed by atoms with Crippen molar-refractivity contribution in [3.8, 4) is 0 Å². The maximum atomic E-state index is 12.8. The van der Waals surface area contributed by atoms with Gasteiger partial charge in [0.15, 0.2) is 0 Å². The molecule has 0 spiro atoms. The average Bonchev–Trinajstić information content (AvgIpc) is 3.29. The van der Waals surface area contributed by atoms with Gasteiger partial charge in [0.1, 0.15) is 0 Å². The Labute approximate surface area is 137 Å². The van der Waals surface area contributed by atoms with E-state index in [9.17, 15) is 4.79 Å². The van der Waals surface area contributed by atoms with Crippen LogP contribution in [0.5, 0.6) is 0 Å². The fourth-order valence-corrected chi connectivity index (χ4v) is 3.14. The van der Waals surface area contributed by atoms with E-state index in [0.717, 1.165) is 22.9 Å². The lowest BCUT2D eigenvalue weighted by molar-refractivity contribution is 0.0730. The molecule has 0 N–H and O–H groups in total. The first kappa shape index (κ1) is 14.5. The molecule has 1 fully saturated rings. The third kappa shape index (κ3) is 3.63. The zero-order chi connectivity index (χ0) is 14.8. The second kappa shape index (κ2) is 6.16. The van der Waals surface area contributed by atoms with E-state index in [-0.39, 0.29) is 5.91 Å². The highest BCUT2D eigenvalue weighted by Gasteiger charge is 2.33. The Morgan fingerprint density at radius 3 is 2.62 bits per heavy atom. The molecule has 1 aliphatic carbocycles. The molecule has 0 aliphatic heterocycles. The third-order valence-corrected chi connectivity index (χ3v) is 4.14. The summed E-state index contributed by atoms with van der Waals surface area (Å²) in [5, 5.41) is 0.562. The molecule has 1 aromatic heterocycles. The van der Waals surface area contributed by atoms with E-state index in [1.807, 2.05) is 23.1 Å². The number of benzene rings is 1. The van der Waals surface area contributed by atoms with Gasteiger partial charge in [0.2, 0.25) is 0 Å². The molecule has 1 amide bonds. The van der Waals surface area contributed by atoms with E-state index in [1.165, 1.54) is 0 Å². The largest absolute Gasteiger partial charge is 0.331 e. The van der Waals surface area contributed by atoms with E-state index in [2.05, 4.69) is 20.9 Å². The Balaban J connectivity index is 1.85. The molecule has 0 saturated heterocycles. The monoisotopic (exact) mass is 364 g/mol. The number of amides is 1. The molecular formula is C16H14BrClN2O. The first-order valence-electron chi connectivity index (χ1n) is 6.79. The van der Waals surface area contributed by atoms with E-state index in [1.54, 1.807) is 24.5 Å². The minimum Gasteiger partial charge on any atom is -0.331 e. The first-order valence-corrected chi connectivity index (χ1v) is 7.96. The number of aromatic nitrogens is 1. The van der Waals surface area contributed by atoms with E-state index in [0.29, 0.717) is 23.2 Å². The summed E-state index contributed by atoms with van der Waals surface area (Å²) < 4.78 is 0.818. The molecule has 1 aliphatic rings. The SMILES string of the molecule is O=C(c1cc(Cl)cc(Br)c1)N(Cc1ccncc1)C1CC1. The van der Waals surface area contributed by atoms with Crippen LogP contribution in [0.25, 0.3) is 0 Å². The minimum absolute atomic E-state index is 0.0255. The normalized spacial score (nSPS) is 14.0. The van der Waals surface area contributed by atoms with Gasteiger partial charge in [-0.15, -0.1) is 0 Å². The molecule has 3 nitrogen and oxygen atoms in total. The molecule has 0 atom stereocenters. The number of hydrogen-bond donors (Lipinski definition) is 0. The lowest BCUT2D eigenvalue weighted by atomic mass is 10.1. The molecule has 5 heteroatoms. The van der Waals surface area contributed by atoms with Crippen LogP contribution in [0.4, 0.5) is 0 Å². The van der Waals surface area contributed by atoms with Crippen molar-refractivity contribution in [3.05, 3.63) is 63.3 Å². The molecule has 0 bridgehead atoms. The van der Waals surface area contributed by atoms with Gasteiger partial charge >= 0.3 is 0 Å². The third-order valence-electron chi connectivity index (χ3n) is 3.46. The van der Waals surface area contributed by atoms with E-state index < -0.39 is 0 Å². The predicted octanol–water partition coefficient (Wildman–Crippen LogP) is 4.30. The lowest BCUT2D eigenvalue weighted by Gasteiger charge is -2.23. The molecular weight excluding hydrogens is 352 g/mol. The van der Waals surface area contributed by atoms with Crippen molar-refractivity contribution < 1.29 is 4.79 Å². The van der Waals surface area contributed by atoms with Crippen LogP contribution in [0.15, 0.2) is 47.2 Å². The molecule has 1 aromatic carbocycles. The molecule has 1 saturated carbocycles. The van der Waals surface area contributed by atoms with Crippen LogP contribution in [-0.4, -0.2) is 21.8 Å². The molecule has 108 valence electrons. The average molecular weight is 366 g/mol. The standard InChI is InChI=1S/C16H14BrClN2O/c17-13-7-12(8-14(18)9-13)16(21)20(15-1-2-15)10-11-3-5-19-6-4-11/h3-9,15H,1-2,10H2. The zero-order valence-corrected chi connectivity index (χ0v) is 13.6. The highest BCUT2D eigenvalue weighted by Crippen LogP contribution is 2.31. The van der Waals surface area contributed by atoms with Crippen LogP contribution in [0.1, 0.15) is 28.8 Å². The van der Waals surface area contributed by atoms with Crippen molar-refractivity contribution in [1.29, 1.82) is 0 Å². The smallest absolute Gasteiger partial charge is 0.254 e. The van der Waals surface area contributed by atoms with Crippen molar-refractivity contribution in [2.24, 2.45) is 0 Å². The van der Waals surface area contributed by atoms with Crippen molar-refractivity contribution in [3.63, 3.8) is 0 Å². The Morgan fingerprint density at radius 2 is 2.00 bits per heavy atom. The fraction of sp³-hybridized carbons (Fsp3) is 0.250. The second-order valence-electron chi connectivity index (χ2n) is 5.18. The maximum absolute atomic E-state index is 12.8. The topological polar surface area (TPSA) is 33.2 Å². The summed E-state index contributed by atoms with van der Waals surface area (Å²) in [6.45, 7) is 0.607. The predicted molar refractivity (Wildman–Crippen MR) is 86.3 cm³/mol. The van der Waals surface area contributed by atoms with Crippen LogP contribution >= 0.6 is 27.5 Å². The van der Waals surface area contributed by atoms with Crippen LogP contribution in [0, 0.1) is 0 Å². The summed E-state index contributed by atoms with van der Waals surface area (Å²) >= 11 is 9.43. The van der Waals surface area contributed by atoms with E-state index in [4.69, 9.17) is 11.6 Å². The quantitative estimate of drug-likeness (QED) is 0.809. The lowest BCUT2D eigenvalue weighted by Crippen LogP contribution is -2.32. The summed E-state index contributed by atoms with van der Waals surface area (Å²) in [6.07, 6.45) is 5.64. The fourth-order valence-electron chi connectivity index (χ4n) is 2.28. The van der Waals surface area contributed by atoms with Gasteiger partial charge in [-0.25, -0.2) is 0 Å². The summed E-state index contributed by atoms with van der Waals surface area (Å²) in [7, 11) is 0. The number of carbonyl (C=O) groups excluding carboxylic acids is 1. The van der Waals surface area contributed by atoms with Gasteiger partial charge in [0.05, 0.1) is 0 Å². The number of carbonyl (C=O) groups is 1. The number of hydrogen-bond acceptors (Lipinski definition) is 2. The molecule has 3 rings (SSSR count). The van der Waals surface area contributed by atoms with Gasteiger partial charge in [-0.1, -0.05) is 27.5 Å². The van der Waals surface area contributed by atoms with Crippen LogP contribution in [-0.2, 0) is 6.54 Å². The maximum Gasteiger partial charge on any atom is 0.254 e. The van der Waals surface area contributed by atoms with Crippen LogP contribution in [0.2, 0.25) is 5.02 Å². The van der Waals surface area contributed by atoms with Gasteiger partial charge in [-0.05, 0) is 48.7 Å². The van der Waals surface area contributed by atoms with Crippen molar-refractivity contribution in [2.45, 2.75) is 25.4 Å². The van der Waals surface area contributed by atoms with Gasteiger partial charge in [0.25, 0.3) is 5.91 Å². The number of pyridine rings is 1.